The molecule has 2 saturated heterocycles. The summed E-state index contributed by atoms with van der Waals surface area (Å²) in [6.45, 7) is 0.451. The molecule has 9 nitrogen and oxygen atoms in total. The Balaban J connectivity index is 1.43. The van der Waals surface area contributed by atoms with Crippen molar-refractivity contribution in [3.63, 3.8) is 0 Å². The van der Waals surface area contributed by atoms with Gasteiger partial charge in [-0.1, -0.05) is 12.1 Å². The van der Waals surface area contributed by atoms with Crippen LogP contribution in [-0.4, -0.2) is 84.5 Å². The maximum absolute atomic E-state index is 14.3. The van der Waals surface area contributed by atoms with Gasteiger partial charge in [0.1, 0.15) is 5.75 Å². The summed E-state index contributed by atoms with van der Waals surface area (Å²) in [5, 5.41) is 0. The number of rotatable bonds is 6. The molecule has 1 aromatic heterocycles. The number of anilines is 1. The van der Waals surface area contributed by atoms with E-state index < -0.39 is 59.0 Å². The number of benzene rings is 2. The molecule has 0 aliphatic carbocycles. The maximum Gasteiger partial charge on any atom is 0.417 e. The van der Waals surface area contributed by atoms with Gasteiger partial charge in [-0.25, -0.2) is 4.79 Å². The smallest absolute Gasteiger partial charge is 0.417 e. The Hall–Kier alpha value is -4.82. The Bertz CT molecular complexity index is 1620. The number of carbonyl (C=O) groups excluding carboxylic acids is 3. The van der Waals surface area contributed by atoms with Gasteiger partial charge >= 0.3 is 18.3 Å². The van der Waals surface area contributed by atoms with Gasteiger partial charge in [0.15, 0.2) is 0 Å². The standard InChI is InChI=1S/C32H30F6N4O5/c1-46-28(44)23-5-2-3-6-26(23)40-15-17-41(18-16-40)29(45)30(47-22-9-7-21(8-10-22)31(33,34)35)12-4-14-42(20-30)27(43)24-19-39-13-11-25(24)32(36,37)38/h2-3,5-11,13,19H,4,12,14-18,20H2,1H3. The van der Waals surface area contributed by atoms with E-state index in [1.807, 2.05) is 4.90 Å². The number of hydrogen-bond acceptors (Lipinski definition) is 7. The predicted molar refractivity (Wildman–Crippen MR) is 156 cm³/mol. The lowest BCUT2D eigenvalue weighted by molar-refractivity contribution is -0.153. The SMILES string of the molecule is COC(=O)c1ccccc1N1CCN(C(=O)C2(Oc3ccc(C(F)(F)F)cc3)CCCN(C(=O)c3cnccc3C(F)(F)F)C2)CC1. The largest absolute Gasteiger partial charge is 0.476 e. The third-order valence-electron chi connectivity index (χ3n) is 8.20. The molecule has 15 heteroatoms. The van der Waals surface area contributed by atoms with Crippen molar-refractivity contribution in [2.75, 3.05) is 51.3 Å². The normalized spacial score (nSPS) is 18.9. The molecule has 0 saturated carbocycles. The molecule has 47 heavy (non-hydrogen) atoms. The molecule has 0 spiro atoms. The molecule has 2 aromatic carbocycles. The van der Waals surface area contributed by atoms with Crippen LogP contribution < -0.4 is 9.64 Å². The number of piperidine rings is 1. The van der Waals surface area contributed by atoms with E-state index in [4.69, 9.17) is 9.47 Å². The van der Waals surface area contributed by atoms with Crippen molar-refractivity contribution in [1.82, 2.24) is 14.8 Å². The summed E-state index contributed by atoms with van der Waals surface area (Å²) in [6.07, 6.45) is -7.54. The second kappa shape index (κ2) is 13.1. The molecule has 2 fully saturated rings. The number of halogens is 6. The van der Waals surface area contributed by atoms with Crippen LogP contribution in [0.2, 0.25) is 0 Å². The Labute approximate surface area is 265 Å². The molecular formula is C32H30F6N4O5. The highest BCUT2D eigenvalue weighted by Crippen LogP contribution is 2.36. The zero-order valence-electron chi connectivity index (χ0n) is 25.1. The van der Waals surface area contributed by atoms with Crippen molar-refractivity contribution < 1.29 is 50.2 Å². The third kappa shape index (κ3) is 7.13. The highest BCUT2D eigenvalue weighted by molar-refractivity contribution is 5.97. The van der Waals surface area contributed by atoms with E-state index >= 15 is 0 Å². The fourth-order valence-corrected chi connectivity index (χ4v) is 5.89. The predicted octanol–water partition coefficient (Wildman–Crippen LogP) is 5.31. The first-order chi connectivity index (χ1) is 22.2. The zero-order chi connectivity index (χ0) is 34.0. The van der Waals surface area contributed by atoms with E-state index in [-0.39, 0.29) is 38.2 Å². The molecule has 3 aromatic rings. The van der Waals surface area contributed by atoms with Crippen LogP contribution in [-0.2, 0) is 21.9 Å². The summed E-state index contributed by atoms with van der Waals surface area (Å²) >= 11 is 0. The van der Waals surface area contributed by atoms with Crippen molar-refractivity contribution >= 4 is 23.5 Å². The fraction of sp³-hybridized carbons (Fsp3) is 0.375. The molecule has 0 bridgehead atoms. The van der Waals surface area contributed by atoms with Crippen molar-refractivity contribution in [2.45, 2.75) is 30.8 Å². The molecule has 2 amide bonds. The number of piperazine rings is 1. The van der Waals surface area contributed by atoms with Crippen LogP contribution in [0.5, 0.6) is 5.75 Å². The molecule has 2 aliphatic heterocycles. The summed E-state index contributed by atoms with van der Waals surface area (Å²) in [4.78, 5) is 48.3. The summed E-state index contributed by atoms with van der Waals surface area (Å²) < 4.78 is 92.0. The van der Waals surface area contributed by atoms with Crippen LogP contribution in [0.1, 0.15) is 44.7 Å². The number of ether oxygens (including phenoxy) is 2. The third-order valence-corrected chi connectivity index (χ3v) is 8.20. The Morgan fingerprint density at radius 1 is 0.809 bits per heavy atom. The first-order valence-electron chi connectivity index (χ1n) is 14.6. The lowest BCUT2D eigenvalue weighted by Gasteiger charge is -2.45. The number of hydrogen-bond donors (Lipinski definition) is 0. The van der Waals surface area contributed by atoms with Crippen molar-refractivity contribution in [2.24, 2.45) is 0 Å². The molecule has 3 heterocycles. The van der Waals surface area contributed by atoms with Gasteiger partial charge in [0.2, 0.25) is 5.60 Å². The number of esters is 1. The zero-order valence-corrected chi connectivity index (χ0v) is 25.1. The second-order valence-corrected chi connectivity index (χ2v) is 11.2. The van der Waals surface area contributed by atoms with Gasteiger partial charge in [-0.2, -0.15) is 26.3 Å². The number of aromatic nitrogens is 1. The Morgan fingerprint density at radius 3 is 2.13 bits per heavy atom. The average Bonchev–Trinajstić information content (AvgIpc) is 3.07. The van der Waals surface area contributed by atoms with Crippen LogP contribution in [0, 0.1) is 0 Å². The second-order valence-electron chi connectivity index (χ2n) is 11.2. The first-order valence-corrected chi connectivity index (χ1v) is 14.6. The minimum atomic E-state index is -4.85. The van der Waals surface area contributed by atoms with Crippen molar-refractivity contribution in [3.8, 4) is 5.75 Å². The highest BCUT2D eigenvalue weighted by Gasteiger charge is 2.49. The number of carbonyl (C=O) groups is 3. The van der Waals surface area contributed by atoms with E-state index in [0.29, 0.717) is 30.4 Å². The number of alkyl halides is 6. The molecule has 0 N–H and O–H groups in total. The van der Waals surface area contributed by atoms with Crippen LogP contribution in [0.25, 0.3) is 0 Å². The highest BCUT2D eigenvalue weighted by atomic mass is 19.4. The Morgan fingerprint density at radius 2 is 1.49 bits per heavy atom. The van der Waals surface area contributed by atoms with Gasteiger partial charge < -0.3 is 24.2 Å². The van der Waals surface area contributed by atoms with E-state index in [1.54, 1.807) is 24.3 Å². The summed E-state index contributed by atoms with van der Waals surface area (Å²) in [6, 6.07) is 11.2. The summed E-state index contributed by atoms with van der Waals surface area (Å²) in [7, 11) is 1.27. The van der Waals surface area contributed by atoms with Crippen LogP contribution in [0.3, 0.4) is 0 Å². The number of likely N-dealkylation sites (tertiary alicyclic amines) is 1. The molecule has 2 aliphatic rings. The van der Waals surface area contributed by atoms with Gasteiger partial charge in [-0.05, 0) is 55.3 Å². The van der Waals surface area contributed by atoms with E-state index in [0.717, 1.165) is 41.6 Å². The average molecular weight is 665 g/mol. The lowest BCUT2D eigenvalue weighted by atomic mass is 9.89. The van der Waals surface area contributed by atoms with Crippen LogP contribution in [0.15, 0.2) is 67.0 Å². The quantitative estimate of drug-likeness (QED) is 0.261. The molecule has 250 valence electrons. The van der Waals surface area contributed by atoms with E-state index in [2.05, 4.69) is 4.98 Å². The van der Waals surface area contributed by atoms with E-state index in [9.17, 15) is 40.7 Å². The lowest BCUT2D eigenvalue weighted by Crippen LogP contribution is -2.64. The minimum Gasteiger partial charge on any atom is -0.476 e. The first kappa shape index (κ1) is 33.5. The minimum absolute atomic E-state index is 0.00845. The molecule has 1 unspecified atom stereocenters. The van der Waals surface area contributed by atoms with Gasteiger partial charge in [0.25, 0.3) is 11.8 Å². The summed E-state index contributed by atoms with van der Waals surface area (Å²) in [5.41, 5.74) is -3.70. The summed E-state index contributed by atoms with van der Waals surface area (Å²) in [5.74, 6) is -2.19. The van der Waals surface area contributed by atoms with Gasteiger partial charge in [0, 0.05) is 45.1 Å². The topological polar surface area (TPSA) is 92.3 Å². The molecule has 1 atom stereocenters. The number of methoxy groups -OCH3 is 1. The van der Waals surface area contributed by atoms with E-state index in [1.165, 1.54) is 12.0 Å². The number of para-hydroxylation sites is 1. The van der Waals surface area contributed by atoms with Gasteiger partial charge in [-0.3, -0.25) is 14.6 Å². The van der Waals surface area contributed by atoms with Gasteiger partial charge in [0.05, 0.1) is 41.6 Å². The maximum atomic E-state index is 14.3. The number of amides is 2. The molecule has 0 radical (unpaired) electrons. The van der Waals surface area contributed by atoms with Crippen LogP contribution >= 0.6 is 0 Å². The van der Waals surface area contributed by atoms with Crippen molar-refractivity contribution in [1.29, 1.82) is 0 Å². The Kier molecular flexibility index (Phi) is 9.36. The fourth-order valence-electron chi connectivity index (χ4n) is 5.89. The number of pyridine rings is 1. The number of nitrogens with zero attached hydrogens (tertiary/aromatic N) is 4. The van der Waals surface area contributed by atoms with Crippen molar-refractivity contribution in [3.05, 3.63) is 89.2 Å². The van der Waals surface area contributed by atoms with Crippen LogP contribution in [0.4, 0.5) is 32.0 Å². The molecular weight excluding hydrogens is 634 g/mol. The monoisotopic (exact) mass is 664 g/mol. The van der Waals surface area contributed by atoms with Gasteiger partial charge in [-0.15, -0.1) is 0 Å². The molecule has 5 rings (SSSR count).